The highest BCUT2D eigenvalue weighted by Gasteiger charge is 2.36. The molecule has 1 aromatic rings. The van der Waals surface area contributed by atoms with Gasteiger partial charge in [0.1, 0.15) is 11.4 Å². The van der Waals surface area contributed by atoms with Crippen molar-refractivity contribution in [3.63, 3.8) is 0 Å². The van der Waals surface area contributed by atoms with E-state index < -0.39 is 5.60 Å². The van der Waals surface area contributed by atoms with E-state index in [-0.39, 0.29) is 23.8 Å². The number of rotatable bonds is 2. The van der Waals surface area contributed by atoms with Crippen molar-refractivity contribution in [2.45, 2.75) is 52.2 Å². The Kier molecular flexibility index (Phi) is 4.89. The molecular formula is C18H25NO3. The molecule has 1 fully saturated rings. The number of hydrogen-bond donors (Lipinski definition) is 0. The van der Waals surface area contributed by atoms with Crippen LogP contribution in [0.3, 0.4) is 0 Å². The second-order valence-corrected chi connectivity index (χ2v) is 6.93. The Morgan fingerprint density at radius 1 is 1.18 bits per heavy atom. The summed E-state index contributed by atoms with van der Waals surface area (Å²) < 4.78 is 5.53. The SMILES string of the molecule is CC(=O)C1CCN(C(=O)OC(C)(C)C)C(c2ccccc2)C1. The van der Waals surface area contributed by atoms with E-state index in [0.717, 1.165) is 5.56 Å². The fourth-order valence-corrected chi connectivity index (χ4v) is 2.86. The minimum Gasteiger partial charge on any atom is -0.444 e. The van der Waals surface area contributed by atoms with E-state index in [1.807, 2.05) is 51.1 Å². The average molecular weight is 303 g/mol. The third kappa shape index (κ3) is 4.09. The fourth-order valence-electron chi connectivity index (χ4n) is 2.86. The standard InChI is InChI=1S/C18H25NO3/c1-13(20)15-10-11-19(17(21)22-18(2,3)4)16(12-15)14-8-6-5-7-9-14/h5-9,15-16H,10-12H2,1-4H3. The lowest BCUT2D eigenvalue weighted by Crippen LogP contribution is -2.44. The van der Waals surface area contributed by atoms with E-state index in [2.05, 4.69) is 0 Å². The van der Waals surface area contributed by atoms with Crippen LogP contribution in [0.5, 0.6) is 0 Å². The summed E-state index contributed by atoms with van der Waals surface area (Å²) in [6.45, 7) is 7.79. The van der Waals surface area contributed by atoms with Crippen molar-refractivity contribution in [2.75, 3.05) is 6.54 Å². The number of nitrogens with zero attached hydrogens (tertiary/aromatic N) is 1. The minimum absolute atomic E-state index is 0.0175. The van der Waals surface area contributed by atoms with Crippen LogP contribution >= 0.6 is 0 Å². The topological polar surface area (TPSA) is 46.6 Å². The summed E-state index contributed by atoms with van der Waals surface area (Å²) in [4.78, 5) is 26.0. The van der Waals surface area contributed by atoms with Crippen molar-refractivity contribution in [3.05, 3.63) is 35.9 Å². The van der Waals surface area contributed by atoms with E-state index in [1.54, 1.807) is 11.8 Å². The van der Waals surface area contributed by atoms with Gasteiger partial charge in [-0.05, 0) is 46.1 Å². The van der Waals surface area contributed by atoms with Gasteiger partial charge in [-0.3, -0.25) is 4.79 Å². The van der Waals surface area contributed by atoms with Gasteiger partial charge in [0.25, 0.3) is 0 Å². The van der Waals surface area contributed by atoms with Crippen LogP contribution in [0.2, 0.25) is 0 Å². The first-order valence-corrected chi connectivity index (χ1v) is 7.83. The third-order valence-corrected chi connectivity index (χ3v) is 3.99. The number of hydrogen-bond acceptors (Lipinski definition) is 3. The van der Waals surface area contributed by atoms with Gasteiger partial charge in [0.15, 0.2) is 0 Å². The van der Waals surface area contributed by atoms with E-state index in [1.165, 1.54) is 0 Å². The van der Waals surface area contributed by atoms with Crippen molar-refractivity contribution >= 4 is 11.9 Å². The molecule has 4 nitrogen and oxygen atoms in total. The number of piperidine rings is 1. The zero-order valence-electron chi connectivity index (χ0n) is 13.8. The first-order chi connectivity index (χ1) is 10.3. The van der Waals surface area contributed by atoms with Crippen LogP contribution in [0.25, 0.3) is 0 Å². The molecule has 0 radical (unpaired) electrons. The third-order valence-electron chi connectivity index (χ3n) is 3.99. The fraction of sp³-hybridized carbons (Fsp3) is 0.556. The van der Waals surface area contributed by atoms with Crippen LogP contribution in [0, 0.1) is 5.92 Å². The number of carbonyl (C=O) groups is 2. The maximum Gasteiger partial charge on any atom is 0.410 e. The van der Waals surface area contributed by atoms with Crippen LogP contribution in [-0.4, -0.2) is 28.9 Å². The lowest BCUT2D eigenvalue weighted by molar-refractivity contribution is -0.122. The molecule has 2 rings (SSSR count). The lowest BCUT2D eigenvalue weighted by atomic mass is 9.85. The Hall–Kier alpha value is -1.84. The van der Waals surface area contributed by atoms with Gasteiger partial charge in [-0.2, -0.15) is 0 Å². The van der Waals surface area contributed by atoms with Gasteiger partial charge in [0, 0.05) is 12.5 Å². The van der Waals surface area contributed by atoms with Gasteiger partial charge in [-0.15, -0.1) is 0 Å². The molecule has 0 spiro atoms. The van der Waals surface area contributed by atoms with Gasteiger partial charge < -0.3 is 9.64 Å². The van der Waals surface area contributed by atoms with Crippen LogP contribution in [-0.2, 0) is 9.53 Å². The highest BCUT2D eigenvalue weighted by Crippen LogP contribution is 2.35. The number of likely N-dealkylation sites (tertiary alicyclic amines) is 1. The molecule has 1 saturated heterocycles. The summed E-state index contributed by atoms with van der Waals surface area (Å²) >= 11 is 0. The number of benzene rings is 1. The summed E-state index contributed by atoms with van der Waals surface area (Å²) in [5.74, 6) is 0.216. The van der Waals surface area contributed by atoms with Crippen LogP contribution in [0.4, 0.5) is 4.79 Å². The van der Waals surface area contributed by atoms with Crippen molar-refractivity contribution in [1.82, 2.24) is 4.90 Å². The highest BCUT2D eigenvalue weighted by atomic mass is 16.6. The van der Waals surface area contributed by atoms with E-state index >= 15 is 0 Å². The first kappa shape index (κ1) is 16.5. The van der Waals surface area contributed by atoms with E-state index in [4.69, 9.17) is 4.74 Å². The van der Waals surface area contributed by atoms with Crippen molar-refractivity contribution in [1.29, 1.82) is 0 Å². The summed E-state index contributed by atoms with van der Waals surface area (Å²) in [6.07, 6.45) is 1.07. The molecule has 4 heteroatoms. The first-order valence-electron chi connectivity index (χ1n) is 7.83. The maximum absolute atomic E-state index is 12.5. The Labute approximate surface area is 132 Å². The Morgan fingerprint density at radius 2 is 1.82 bits per heavy atom. The lowest BCUT2D eigenvalue weighted by Gasteiger charge is -2.39. The summed E-state index contributed by atoms with van der Waals surface area (Å²) in [6, 6.07) is 9.78. The average Bonchev–Trinajstić information content (AvgIpc) is 2.45. The predicted molar refractivity (Wildman–Crippen MR) is 85.5 cm³/mol. The maximum atomic E-state index is 12.5. The Balaban J connectivity index is 2.23. The van der Waals surface area contributed by atoms with Crippen LogP contribution in [0.1, 0.15) is 52.1 Å². The molecule has 0 aromatic heterocycles. The van der Waals surface area contributed by atoms with Gasteiger partial charge in [0.2, 0.25) is 0 Å². The van der Waals surface area contributed by atoms with Crippen LogP contribution in [0.15, 0.2) is 30.3 Å². The number of Topliss-reactive ketones (excluding diaryl/α,β-unsaturated/α-hetero) is 1. The monoisotopic (exact) mass is 303 g/mol. The molecule has 2 unspecified atom stereocenters. The van der Waals surface area contributed by atoms with E-state index in [9.17, 15) is 9.59 Å². The summed E-state index contributed by atoms with van der Waals surface area (Å²) in [7, 11) is 0. The molecule has 0 N–H and O–H groups in total. The normalized spacial score (nSPS) is 22.3. The van der Waals surface area contributed by atoms with Crippen molar-refractivity contribution in [2.24, 2.45) is 5.92 Å². The van der Waals surface area contributed by atoms with Gasteiger partial charge in [-0.25, -0.2) is 4.79 Å². The van der Waals surface area contributed by atoms with Crippen molar-refractivity contribution < 1.29 is 14.3 Å². The van der Waals surface area contributed by atoms with Gasteiger partial charge in [0.05, 0.1) is 6.04 Å². The molecule has 2 atom stereocenters. The number of carbonyl (C=O) groups excluding carboxylic acids is 2. The molecular weight excluding hydrogens is 278 g/mol. The molecule has 120 valence electrons. The zero-order chi connectivity index (χ0) is 16.3. The molecule has 1 heterocycles. The largest absolute Gasteiger partial charge is 0.444 e. The minimum atomic E-state index is -0.518. The second kappa shape index (κ2) is 6.51. The molecule has 0 aliphatic carbocycles. The molecule has 1 aliphatic rings. The molecule has 1 amide bonds. The number of ketones is 1. The van der Waals surface area contributed by atoms with Gasteiger partial charge in [-0.1, -0.05) is 30.3 Å². The zero-order valence-corrected chi connectivity index (χ0v) is 13.8. The molecule has 1 aliphatic heterocycles. The molecule has 0 bridgehead atoms. The number of amides is 1. The molecule has 22 heavy (non-hydrogen) atoms. The van der Waals surface area contributed by atoms with Crippen LogP contribution < -0.4 is 0 Å². The summed E-state index contributed by atoms with van der Waals surface area (Å²) in [5.41, 5.74) is 0.537. The van der Waals surface area contributed by atoms with Gasteiger partial charge >= 0.3 is 6.09 Å². The predicted octanol–water partition coefficient (Wildman–Crippen LogP) is 3.96. The molecule has 1 aromatic carbocycles. The Bertz CT molecular complexity index is 533. The number of ether oxygens (including phenoxy) is 1. The smallest absolute Gasteiger partial charge is 0.410 e. The quantitative estimate of drug-likeness (QED) is 0.830. The highest BCUT2D eigenvalue weighted by molar-refractivity contribution is 5.79. The van der Waals surface area contributed by atoms with Crippen molar-refractivity contribution in [3.8, 4) is 0 Å². The second-order valence-electron chi connectivity index (χ2n) is 6.93. The van der Waals surface area contributed by atoms with E-state index in [0.29, 0.717) is 19.4 Å². The summed E-state index contributed by atoms with van der Waals surface area (Å²) in [5, 5.41) is 0. The Morgan fingerprint density at radius 3 is 2.36 bits per heavy atom. The molecule has 0 saturated carbocycles.